The van der Waals surface area contributed by atoms with Crippen molar-refractivity contribution in [3.8, 4) is 11.5 Å². The van der Waals surface area contributed by atoms with E-state index in [0.717, 1.165) is 32.1 Å². The van der Waals surface area contributed by atoms with Crippen LogP contribution >= 0.6 is 0 Å². The lowest BCUT2D eigenvalue weighted by Gasteiger charge is -2.28. The lowest BCUT2D eigenvalue weighted by atomic mass is 9.95. The number of ether oxygens (including phenoxy) is 2. The van der Waals surface area contributed by atoms with Crippen LogP contribution in [0.1, 0.15) is 44.6 Å². The number of hydrogen-bond acceptors (Lipinski definition) is 5. The molecule has 1 N–H and O–H groups in total. The second kappa shape index (κ2) is 8.97. The monoisotopic (exact) mass is 404 g/mol. The first kappa shape index (κ1) is 20.7. The van der Waals surface area contributed by atoms with Crippen molar-refractivity contribution in [1.29, 1.82) is 0 Å². The number of aryl methyl sites for hydroxylation is 1. The number of benzene rings is 2. The van der Waals surface area contributed by atoms with Gasteiger partial charge in [-0.2, -0.15) is 0 Å². The van der Waals surface area contributed by atoms with Crippen LogP contribution in [-0.4, -0.2) is 32.8 Å². The van der Waals surface area contributed by atoms with E-state index < -0.39 is 9.84 Å². The summed E-state index contributed by atoms with van der Waals surface area (Å²) in [6.45, 7) is 1.99. The summed E-state index contributed by atoms with van der Waals surface area (Å²) in [5.41, 5.74) is 0.648. The number of sulfone groups is 1. The van der Waals surface area contributed by atoms with Crippen molar-refractivity contribution in [2.45, 2.75) is 67.4 Å². The van der Waals surface area contributed by atoms with Gasteiger partial charge in [0.15, 0.2) is 0 Å². The molecule has 0 aliphatic heterocycles. The molecule has 0 spiro atoms. The van der Waals surface area contributed by atoms with E-state index in [9.17, 15) is 13.5 Å². The van der Waals surface area contributed by atoms with Crippen LogP contribution in [0.4, 0.5) is 0 Å². The molecular formula is C22H28O5S. The van der Waals surface area contributed by atoms with E-state index in [2.05, 4.69) is 0 Å². The third-order valence-electron chi connectivity index (χ3n) is 5.27. The van der Waals surface area contributed by atoms with E-state index in [1.807, 2.05) is 6.92 Å². The molecule has 6 heteroatoms. The quantitative estimate of drug-likeness (QED) is 0.735. The Labute approximate surface area is 167 Å². The molecule has 0 unspecified atom stereocenters. The maximum absolute atomic E-state index is 12.9. The van der Waals surface area contributed by atoms with Gasteiger partial charge >= 0.3 is 0 Å². The van der Waals surface area contributed by atoms with Crippen LogP contribution in [-0.2, 0) is 21.0 Å². The first-order chi connectivity index (χ1) is 13.4. The SMILES string of the molecule is CCCc1cc(S(=O)(=O)c2ccc(OC3CCC(OC)CC3)cc2)ccc1O. The second-order valence-corrected chi connectivity index (χ2v) is 9.22. The Morgan fingerprint density at radius 1 is 0.964 bits per heavy atom. The molecule has 0 bridgehead atoms. The Hall–Kier alpha value is -2.05. The second-order valence-electron chi connectivity index (χ2n) is 7.27. The van der Waals surface area contributed by atoms with E-state index in [1.54, 1.807) is 37.4 Å². The van der Waals surface area contributed by atoms with E-state index in [1.165, 1.54) is 12.1 Å². The molecule has 1 aliphatic rings. The molecule has 2 aromatic carbocycles. The Morgan fingerprint density at radius 3 is 2.18 bits per heavy atom. The molecule has 28 heavy (non-hydrogen) atoms. The summed E-state index contributed by atoms with van der Waals surface area (Å²) in [6, 6.07) is 11.0. The Bertz CT molecular complexity index is 882. The predicted molar refractivity (Wildman–Crippen MR) is 108 cm³/mol. The summed E-state index contributed by atoms with van der Waals surface area (Å²) in [5.74, 6) is 0.810. The third kappa shape index (κ3) is 4.67. The Kier molecular flexibility index (Phi) is 6.62. The normalized spacial score (nSPS) is 20.1. The number of rotatable bonds is 7. The van der Waals surface area contributed by atoms with Crippen molar-refractivity contribution >= 4 is 9.84 Å². The van der Waals surface area contributed by atoms with Gasteiger partial charge in [0.2, 0.25) is 9.84 Å². The summed E-state index contributed by atoms with van der Waals surface area (Å²) >= 11 is 0. The van der Waals surface area contributed by atoms with Gasteiger partial charge in [-0.3, -0.25) is 0 Å². The molecule has 5 nitrogen and oxygen atoms in total. The molecule has 1 aliphatic carbocycles. The van der Waals surface area contributed by atoms with Gasteiger partial charge in [-0.1, -0.05) is 13.3 Å². The van der Waals surface area contributed by atoms with Gasteiger partial charge in [-0.15, -0.1) is 0 Å². The molecule has 0 atom stereocenters. The summed E-state index contributed by atoms with van der Waals surface area (Å²) in [7, 11) is -1.90. The molecule has 3 rings (SSSR count). The summed E-state index contributed by atoms with van der Waals surface area (Å²) in [6.07, 6.45) is 5.75. The Balaban J connectivity index is 1.73. The van der Waals surface area contributed by atoms with E-state index in [-0.39, 0.29) is 21.6 Å². The fraction of sp³-hybridized carbons (Fsp3) is 0.455. The maximum atomic E-state index is 12.9. The third-order valence-corrected chi connectivity index (χ3v) is 7.04. The average Bonchev–Trinajstić information content (AvgIpc) is 2.71. The maximum Gasteiger partial charge on any atom is 0.206 e. The minimum Gasteiger partial charge on any atom is -0.508 e. The summed E-state index contributed by atoms with van der Waals surface area (Å²) < 4.78 is 37.3. The van der Waals surface area contributed by atoms with Crippen LogP contribution in [0.3, 0.4) is 0 Å². The van der Waals surface area contributed by atoms with Crippen LogP contribution in [0.2, 0.25) is 0 Å². The number of hydrogen-bond donors (Lipinski definition) is 1. The molecule has 0 aromatic heterocycles. The zero-order chi connectivity index (χ0) is 20.1. The minimum absolute atomic E-state index is 0.132. The number of aromatic hydroxyl groups is 1. The standard InChI is InChI=1S/C22H28O5S/c1-3-4-16-15-21(13-14-22(16)23)28(24,25)20-11-9-19(10-12-20)27-18-7-5-17(26-2)6-8-18/h9-15,17-18,23H,3-8H2,1-2H3. The fourth-order valence-corrected chi connectivity index (χ4v) is 4.92. The fourth-order valence-electron chi connectivity index (χ4n) is 3.61. The summed E-state index contributed by atoms with van der Waals surface area (Å²) in [5, 5.41) is 9.91. The molecular weight excluding hydrogens is 376 g/mol. The molecule has 2 aromatic rings. The van der Waals surface area contributed by atoms with Crippen LogP contribution in [0, 0.1) is 0 Å². The van der Waals surface area contributed by atoms with Crippen LogP contribution in [0.25, 0.3) is 0 Å². The van der Waals surface area contributed by atoms with Gasteiger partial charge in [-0.05, 0) is 80.1 Å². The lowest BCUT2D eigenvalue weighted by molar-refractivity contribution is 0.0327. The van der Waals surface area contributed by atoms with Gasteiger partial charge in [0.05, 0.1) is 22.0 Å². The van der Waals surface area contributed by atoms with E-state index in [0.29, 0.717) is 23.8 Å². The topological polar surface area (TPSA) is 72.8 Å². The highest BCUT2D eigenvalue weighted by atomic mass is 32.2. The van der Waals surface area contributed by atoms with Gasteiger partial charge in [0, 0.05) is 7.11 Å². The highest BCUT2D eigenvalue weighted by molar-refractivity contribution is 7.91. The van der Waals surface area contributed by atoms with Gasteiger partial charge < -0.3 is 14.6 Å². The van der Waals surface area contributed by atoms with E-state index in [4.69, 9.17) is 9.47 Å². The first-order valence-corrected chi connectivity index (χ1v) is 11.3. The highest BCUT2D eigenvalue weighted by Crippen LogP contribution is 2.29. The predicted octanol–water partition coefficient (Wildman–Crippen LogP) is 4.51. The van der Waals surface area contributed by atoms with Crippen LogP contribution < -0.4 is 4.74 Å². The van der Waals surface area contributed by atoms with Crippen molar-refractivity contribution in [1.82, 2.24) is 0 Å². The summed E-state index contributed by atoms with van der Waals surface area (Å²) in [4.78, 5) is 0.413. The van der Waals surface area contributed by atoms with Crippen LogP contribution in [0.15, 0.2) is 52.3 Å². The number of phenolic OH excluding ortho intramolecular Hbond substituents is 1. The zero-order valence-electron chi connectivity index (χ0n) is 16.4. The Morgan fingerprint density at radius 2 is 1.57 bits per heavy atom. The molecule has 152 valence electrons. The van der Waals surface area contributed by atoms with Crippen LogP contribution in [0.5, 0.6) is 11.5 Å². The van der Waals surface area contributed by atoms with Crippen molar-refractivity contribution in [3.63, 3.8) is 0 Å². The molecule has 0 radical (unpaired) electrons. The molecule has 0 heterocycles. The molecule has 0 saturated heterocycles. The largest absolute Gasteiger partial charge is 0.508 e. The van der Waals surface area contributed by atoms with Gasteiger partial charge in [-0.25, -0.2) is 8.42 Å². The minimum atomic E-state index is -3.64. The van der Waals surface area contributed by atoms with Gasteiger partial charge in [0.25, 0.3) is 0 Å². The van der Waals surface area contributed by atoms with Crippen molar-refractivity contribution in [2.75, 3.05) is 7.11 Å². The molecule has 1 saturated carbocycles. The van der Waals surface area contributed by atoms with Crippen molar-refractivity contribution in [2.24, 2.45) is 0 Å². The number of methoxy groups -OCH3 is 1. The number of phenols is 1. The average molecular weight is 405 g/mol. The first-order valence-electron chi connectivity index (χ1n) is 9.80. The highest BCUT2D eigenvalue weighted by Gasteiger charge is 2.23. The molecule has 1 fully saturated rings. The molecule has 0 amide bonds. The van der Waals surface area contributed by atoms with Crippen molar-refractivity contribution in [3.05, 3.63) is 48.0 Å². The lowest BCUT2D eigenvalue weighted by Crippen LogP contribution is -2.27. The van der Waals surface area contributed by atoms with E-state index >= 15 is 0 Å². The van der Waals surface area contributed by atoms with Gasteiger partial charge in [0.1, 0.15) is 11.5 Å². The van der Waals surface area contributed by atoms with Crippen molar-refractivity contribution < 1.29 is 23.0 Å². The smallest absolute Gasteiger partial charge is 0.206 e. The zero-order valence-corrected chi connectivity index (χ0v) is 17.2.